The summed E-state index contributed by atoms with van der Waals surface area (Å²) in [6.45, 7) is 12.1. The molecule has 55 heavy (non-hydrogen) atoms. The van der Waals surface area contributed by atoms with Gasteiger partial charge >= 0.3 is 11.9 Å². The maximum absolute atomic E-state index is 14.0. The average Bonchev–Trinajstić information content (AvgIpc) is 4.03. The quantitative estimate of drug-likeness (QED) is 0.177. The smallest absolute Gasteiger partial charge is 0.338 e. The second-order valence-corrected chi connectivity index (χ2v) is 19.5. The van der Waals surface area contributed by atoms with Crippen molar-refractivity contribution in [1.82, 2.24) is 5.32 Å². The number of rotatable bonds is 11. The number of hydrogen-bond donors (Lipinski definition) is 2. The number of benzene rings is 1. The molecule has 7 aliphatic rings. The van der Waals surface area contributed by atoms with E-state index in [1.54, 1.807) is 26.8 Å². The van der Waals surface area contributed by atoms with Crippen LogP contribution in [0.4, 0.5) is 0 Å². The first-order valence-electron chi connectivity index (χ1n) is 20.9. The van der Waals surface area contributed by atoms with Gasteiger partial charge in [0.25, 0.3) is 0 Å². The van der Waals surface area contributed by atoms with Crippen molar-refractivity contribution >= 4 is 23.9 Å². The maximum atomic E-state index is 14.0. The van der Waals surface area contributed by atoms with E-state index in [0.29, 0.717) is 46.3 Å². The Morgan fingerprint density at radius 3 is 2.44 bits per heavy atom. The molecule has 0 bridgehead atoms. The molecule has 1 aromatic rings. The van der Waals surface area contributed by atoms with Gasteiger partial charge in [0.1, 0.15) is 23.9 Å². The number of amides is 1. The van der Waals surface area contributed by atoms with Gasteiger partial charge in [0.05, 0.1) is 29.9 Å². The first kappa shape index (κ1) is 38.8. The number of fused-ring (bicyclic) bond motifs is 3. The molecule has 1 amide bonds. The molecule has 6 fully saturated rings. The minimum Gasteiger partial charge on any atom is -0.460 e. The highest BCUT2D eigenvalue weighted by Gasteiger charge is 2.64. The number of aliphatic hydroxyl groups is 1. The van der Waals surface area contributed by atoms with Crippen LogP contribution in [0.2, 0.25) is 0 Å². The third kappa shape index (κ3) is 8.21. The van der Waals surface area contributed by atoms with Crippen LogP contribution >= 0.6 is 0 Å². The lowest BCUT2D eigenvalue weighted by Crippen LogP contribution is -2.45. The van der Waals surface area contributed by atoms with E-state index in [9.17, 15) is 19.5 Å². The van der Waals surface area contributed by atoms with Crippen molar-refractivity contribution in [3.05, 3.63) is 52.6 Å². The van der Waals surface area contributed by atoms with E-state index in [-0.39, 0.29) is 37.4 Å². The standard InChI is InChI=1S/C45H61NO9/c1-42(2,3)54-38(48)17-15-32(25-47)46-40(49)29-22-35(39-36(23-29)52-45(55-39,30-11-12-30)31-13-14-31)51-41(50)28-9-7-8-26(21-28)20-27-10-16-37-44(6,53-37)19-18-34-33(27)24-43(34,4)5/h7-9,20-21,23,30-37,39,47H,10-19,22,24-25H2,1-6H3,(H,46,49)/t32-,33+,34+,35+,36+,37?,39-,44+/m0/s1. The highest BCUT2D eigenvalue weighted by Crippen LogP contribution is 2.61. The summed E-state index contributed by atoms with van der Waals surface area (Å²) in [4.78, 5) is 40.2. The molecule has 1 unspecified atom stereocenters. The van der Waals surface area contributed by atoms with Crippen LogP contribution in [-0.2, 0) is 33.3 Å². The van der Waals surface area contributed by atoms with E-state index in [1.165, 1.54) is 18.4 Å². The second kappa shape index (κ2) is 14.4. The molecule has 8 atom stereocenters. The van der Waals surface area contributed by atoms with Gasteiger partial charge in [-0.05, 0) is 133 Å². The number of carbonyl (C=O) groups excluding carboxylic acids is 3. The van der Waals surface area contributed by atoms with Crippen LogP contribution in [0.15, 0.2) is 41.5 Å². The Morgan fingerprint density at radius 2 is 1.76 bits per heavy atom. The number of allylic oxidation sites excluding steroid dienone is 1. The molecule has 10 heteroatoms. The average molecular weight is 760 g/mol. The first-order valence-corrected chi connectivity index (χ1v) is 20.9. The molecular formula is C45H61NO9. The van der Waals surface area contributed by atoms with E-state index in [0.717, 1.165) is 50.5 Å². The lowest BCUT2D eigenvalue weighted by molar-refractivity contribution is -0.209. The molecule has 0 spiro atoms. The number of ether oxygens (including phenoxy) is 5. The van der Waals surface area contributed by atoms with Crippen molar-refractivity contribution in [3.63, 3.8) is 0 Å². The van der Waals surface area contributed by atoms with Crippen LogP contribution in [0, 0.1) is 29.1 Å². The minimum absolute atomic E-state index is 0.0244. The zero-order valence-electron chi connectivity index (χ0n) is 33.6. The molecule has 300 valence electrons. The van der Waals surface area contributed by atoms with Crippen molar-refractivity contribution < 1.29 is 43.2 Å². The van der Waals surface area contributed by atoms with Gasteiger partial charge in [-0.3, -0.25) is 9.59 Å². The van der Waals surface area contributed by atoms with Crippen molar-refractivity contribution in [2.24, 2.45) is 29.1 Å². The zero-order chi connectivity index (χ0) is 38.9. The molecule has 2 heterocycles. The van der Waals surface area contributed by atoms with Gasteiger partial charge in [-0.2, -0.15) is 0 Å². The first-order chi connectivity index (χ1) is 26.1. The second-order valence-electron chi connectivity index (χ2n) is 19.5. The summed E-state index contributed by atoms with van der Waals surface area (Å²) in [5.74, 6) is -0.211. The Morgan fingerprint density at radius 1 is 1.02 bits per heavy atom. The number of epoxide rings is 1. The molecule has 2 N–H and O–H groups in total. The van der Waals surface area contributed by atoms with Crippen LogP contribution in [0.5, 0.6) is 0 Å². The Hall–Kier alpha value is -3.05. The molecule has 2 aliphatic heterocycles. The Bertz CT molecular complexity index is 1720. The maximum Gasteiger partial charge on any atom is 0.338 e. The summed E-state index contributed by atoms with van der Waals surface area (Å²) in [6.07, 6.45) is 12.6. The predicted octanol–water partition coefficient (Wildman–Crippen LogP) is 7.22. The predicted molar refractivity (Wildman–Crippen MR) is 205 cm³/mol. The molecular weight excluding hydrogens is 698 g/mol. The van der Waals surface area contributed by atoms with Gasteiger partial charge in [-0.25, -0.2) is 4.79 Å². The normalized spacial score (nSPS) is 34.6. The molecule has 10 nitrogen and oxygen atoms in total. The molecule has 5 aliphatic carbocycles. The van der Waals surface area contributed by atoms with Crippen LogP contribution in [0.25, 0.3) is 6.08 Å². The van der Waals surface area contributed by atoms with Gasteiger partial charge in [-0.1, -0.05) is 37.6 Å². The Kier molecular flexibility index (Phi) is 10.2. The highest BCUT2D eigenvalue weighted by molar-refractivity contribution is 5.94. The van der Waals surface area contributed by atoms with Gasteiger partial charge in [0, 0.05) is 30.3 Å². The Balaban J connectivity index is 0.987. The topological polar surface area (TPSA) is 133 Å². The number of carbonyl (C=O) groups is 3. The lowest BCUT2D eigenvalue weighted by atomic mass is 9.52. The number of nitrogens with one attached hydrogen (secondary N) is 1. The summed E-state index contributed by atoms with van der Waals surface area (Å²) in [5, 5.41) is 13.0. The number of hydrogen-bond acceptors (Lipinski definition) is 9. The summed E-state index contributed by atoms with van der Waals surface area (Å²) in [5.41, 5.74) is 3.01. The minimum atomic E-state index is -0.751. The molecule has 4 saturated carbocycles. The number of esters is 2. The summed E-state index contributed by atoms with van der Waals surface area (Å²) < 4.78 is 31.5. The van der Waals surface area contributed by atoms with Crippen LogP contribution in [-0.4, -0.2) is 77.0 Å². The molecule has 1 aromatic carbocycles. The fraction of sp³-hybridized carbons (Fsp3) is 0.711. The van der Waals surface area contributed by atoms with E-state index < -0.39 is 47.7 Å². The van der Waals surface area contributed by atoms with Crippen molar-refractivity contribution in [2.45, 2.75) is 166 Å². The molecule has 2 saturated heterocycles. The largest absolute Gasteiger partial charge is 0.460 e. The van der Waals surface area contributed by atoms with Crippen LogP contribution < -0.4 is 5.32 Å². The lowest BCUT2D eigenvalue weighted by Gasteiger charge is -2.53. The molecule has 0 aromatic heterocycles. The van der Waals surface area contributed by atoms with Crippen molar-refractivity contribution in [1.29, 1.82) is 0 Å². The summed E-state index contributed by atoms with van der Waals surface area (Å²) in [7, 11) is 0. The molecule has 0 radical (unpaired) electrons. The highest BCUT2D eigenvalue weighted by atomic mass is 16.8. The van der Waals surface area contributed by atoms with Crippen LogP contribution in [0.3, 0.4) is 0 Å². The van der Waals surface area contributed by atoms with E-state index in [1.807, 2.05) is 18.2 Å². The summed E-state index contributed by atoms with van der Waals surface area (Å²) >= 11 is 0. The SMILES string of the molecule is CC(C)(C)OC(=O)CC[C@@H](CO)NC(=O)C1=C[C@H]2OC(C3CC3)(C3CC3)O[C@H]2[C@H](OC(=O)c2cccc(C=C3CCC4O[C@]4(C)CC[C@@H]4[C@@H]3CC4(C)C)c2)C1. The zero-order valence-corrected chi connectivity index (χ0v) is 33.6. The van der Waals surface area contributed by atoms with Crippen molar-refractivity contribution in [2.75, 3.05) is 6.61 Å². The van der Waals surface area contributed by atoms with Crippen LogP contribution in [0.1, 0.15) is 135 Å². The van der Waals surface area contributed by atoms with Crippen molar-refractivity contribution in [3.8, 4) is 0 Å². The monoisotopic (exact) mass is 759 g/mol. The summed E-state index contributed by atoms with van der Waals surface area (Å²) in [6, 6.07) is 7.03. The molecule has 8 rings (SSSR count). The van der Waals surface area contributed by atoms with E-state index >= 15 is 0 Å². The van der Waals surface area contributed by atoms with Gasteiger partial charge in [0.15, 0.2) is 5.79 Å². The third-order valence-corrected chi connectivity index (χ3v) is 13.5. The van der Waals surface area contributed by atoms with Gasteiger partial charge < -0.3 is 34.1 Å². The fourth-order valence-corrected chi connectivity index (χ4v) is 10.1. The van der Waals surface area contributed by atoms with Gasteiger partial charge in [-0.15, -0.1) is 0 Å². The van der Waals surface area contributed by atoms with Gasteiger partial charge in [0.2, 0.25) is 5.91 Å². The third-order valence-electron chi connectivity index (χ3n) is 13.5. The fourth-order valence-electron chi connectivity index (χ4n) is 10.1. The van der Waals surface area contributed by atoms with E-state index in [2.05, 4.69) is 38.2 Å². The Labute approximate surface area is 326 Å². The van der Waals surface area contributed by atoms with E-state index in [4.69, 9.17) is 23.7 Å². The number of aliphatic hydroxyl groups excluding tert-OH is 1.